The molecule has 0 aromatic carbocycles. The van der Waals surface area contributed by atoms with Crippen LogP contribution in [0.4, 0.5) is 0 Å². The summed E-state index contributed by atoms with van der Waals surface area (Å²) in [4.78, 5) is 25.9. The van der Waals surface area contributed by atoms with Gasteiger partial charge in [-0.15, -0.1) is 0 Å². The molecule has 0 spiro atoms. The highest BCUT2D eigenvalue weighted by Crippen LogP contribution is 2.57. The van der Waals surface area contributed by atoms with Crippen molar-refractivity contribution >= 4 is 15.6 Å². The van der Waals surface area contributed by atoms with E-state index in [4.69, 9.17) is 28.9 Å². The Hall–Kier alpha value is 0.140. The average Bonchev–Trinajstić information content (AvgIpc) is 2.70. The van der Waals surface area contributed by atoms with Crippen molar-refractivity contribution in [2.75, 3.05) is 46.2 Å². The van der Waals surface area contributed by atoms with Gasteiger partial charge in [-0.25, -0.2) is 9.13 Å². The molecule has 0 radical (unpaired) electrons. The third-order valence-corrected chi connectivity index (χ3v) is 6.76. The highest BCUT2D eigenvalue weighted by molar-refractivity contribution is 7.60. The molecule has 32 heavy (non-hydrogen) atoms. The molecule has 0 heterocycles. The Labute approximate surface area is 193 Å². The Morgan fingerprint density at radius 2 is 0.906 bits per heavy atom. The Balaban J connectivity index is 3.20. The van der Waals surface area contributed by atoms with Crippen LogP contribution in [0, 0.1) is 0 Å². The van der Waals surface area contributed by atoms with Crippen molar-refractivity contribution in [1.29, 1.82) is 0 Å². The van der Waals surface area contributed by atoms with Crippen LogP contribution in [-0.4, -0.2) is 60.9 Å². The fourth-order valence-corrected chi connectivity index (χ4v) is 4.53. The summed E-state index contributed by atoms with van der Waals surface area (Å²) in [6.45, 7) is 4.15. The van der Waals surface area contributed by atoms with Crippen molar-refractivity contribution in [3.8, 4) is 0 Å². The van der Waals surface area contributed by atoms with Crippen LogP contribution in [0.25, 0.3) is 0 Å². The number of hydrogen-bond donors (Lipinski definition) is 3. The smallest absolute Gasteiger partial charge is 0.379 e. The number of phosphoric acid groups is 2. The first-order valence-electron chi connectivity index (χ1n) is 11.7. The molecule has 0 saturated carbocycles. The summed E-state index contributed by atoms with van der Waals surface area (Å²) in [7, 11) is -9.90. The Kier molecular flexibility index (Phi) is 21.8. The van der Waals surface area contributed by atoms with E-state index in [0.717, 1.165) is 13.0 Å². The van der Waals surface area contributed by atoms with Crippen LogP contribution < -0.4 is 0 Å². The Bertz CT molecular complexity index is 501. The van der Waals surface area contributed by atoms with E-state index in [9.17, 15) is 9.13 Å². The van der Waals surface area contributed by atoms with Gasteiger partial charge in [0.15, 0.2) is 0 Å². The number of ether oxygens (including phenoxy) is 3. The van der Waals surface area contributed by atoms with Crippen molar-refractivity contribution in [3.63, 3.8) is 0 Å². The summed E-state index contributed by atoms with van der Waals surface area (Å²) < 4.78 is 45.6. The lowest BCUT2D eigenvalue weighted by Gasteiger charge is -2.12. The predicted molar refractivity (Wildman–Crippen MR) is 122 cm³/mol. The van der Waals surface area contributed by atoms with Crippen LogP contribution in [0.1, 0.15) is 84.0 Å². The third kappa shape index (κ3) is 26.4. The van der Waals surface area contributed by atoms with Gasteiger partial charge in [0.25, 0.3) is 0 Å². The van der Waals surface area contributed by atoms with Crippen LogP contribution in [0.3, 0.4) is 0 Å². The largest absolute Gasteiger partial charge is 0.481 e. The van der Waals surface area contributed by atoms with Gasteiger partial charge in [0.2, 0.25) is 0 Å². The van der Waals surface area contributed by atoms with Crippen molar-refractivity contribution in [3.05, 3.63) is 0 Å². The summed E-state index contributed by atoms with van der Waals surface area (Å²) in [6, 6.07) is 0. The second-order valence-electron chi connectivity index (χ2n) is 7.60. The van der Waals surface area contributed by atoms with E-state index < -0.39 is 15.6 Å². The minimum atomic E-state index is -5.10. The third-order valence-electron chi connectivity index (χ3n) is 4.58. The van der Waals surface area contributed by atoms with Crippen LogP contribution in [0.15, 0.2) is 0 Å². The van der Waals surface area contributed by atoms with Gasteiger partial charge in [-0.2, -0.15) is 4.31 Å². The highest BCUT2D eigenvalue weighted by Gasteiger charge is 2.32. The predicted octanol–water partition coefficient (Wildman–Crippen LogP) is 4.96. The molecule has 0 saturated heterocycles. The first-order valence-corrected chi connectivity index (χ1v) is 14.8. The molecule has 194 valence electrons. The van der Waals surface area contributed by atoms with Gasteiger partial charge in [-0.3, -0.25) is 4.52 Å². The van der Waals surface area contributed by atoms with Gasteiger partial charge in [0.1, 0.15) is 0 Å². The molecule has 0 bridgehead atoms. The highest BCUT2D eigenvalue weighted by atomic mass is 31.3. The van der Waals surface area contributed by atoms with Gasteiger partial charge >= 0.3 is 15.6 Å². The van der Waals surface area contributed by atoms with E-state index in [-0.39, 0.29) is 19.8 Å². The summed E-state index contributed by atoms with van der Waals surface area (Å²) >= 11 is 0. The van der Waals surface area contributed by atoms with Crippen LogP contribution in [-0.2, 0) is 32.2 Å². The molecule has 1 atom stereocenters. The van der Waals surface area contributed by atoms with Crippen molar-refractivity contribution < 1.29 is 46.9 Å². The minimum Gasteiger partial charge on any atom is -0.379 e. The van der Waals surface area contributed by atoms with E-state index in [1.165, 1.54) is 70.6 Å². The minimum absolute atomic E-state index is 0.0477. The fraction of sp³-hybridized carbons (Fsp3) is 1.00. The molecular weight excluding hydrogens is 462 g/mol. The van der Waals surface area contributed by atoms with Gasteiger partial charge in [0, 0.05) is 6.61 Å². The molecule has 0 aliphatic carbocycles. The zero-order chi connectivity index (χ0) is 24.0. The SMILES string of the molecule is CCCCCCCCCCCCCCOCCOCCOCCOP(=O)(O)OP(=O)(O)O. The summed E-state index contributed by atoms with van der Waals surface area (Å²) in [6.07, 6.45) is 15.8. The monoisotopic (exact) mass is 506 g/mol. The van der Waals surface area contributed by atoms with Gasteiger partial charge in [-0.1, -0.05) is 77.6 Å². The molecule has 12 heteroatoms. The fourth-order valence-electron chi connectivity index (χ4n) is 2.96. The quantitative estimate of drug-likeness (QED) is 0.115. The lowest BCUT2D eigenvalue weighted by molar-refractivity contribution is 0.00701. The summed E-state index contributed by atoms with van der Waals surface area (Å²) in [5, 5.41) is 0. The average molecular weight is 507 g/mol. The van der Waals surface area contributed by atoms with E-state index in [1.54, 1.807) is 0 Å². The normalized spacial score (nSPS) is 14.0. The molecule has 1 unspecified atom stereocenters. The molecule has 0 aromatic heterocycles. The second kappa shape index (κ2) is 21.7. The van der Waals surface area contributed by atoms with Crippen LogP contribution in [0.5, 0.6) is 0 Å². The maximum atomic E-state index is 11.2. The molecule has 0 aliphatic heterocycles. The zero-order valence-corrected chi connectivity index (χ0v) is 21.3. The van der Waals surface area contributed by atoms with Crippen molar-refractivity contribution in [1.82, 2.24) is 0 Å². The van der Waals surface area contributed by atoms with Gasteiger partial charge < -0.3 is 28.9 Å². The number of rotatable bonds is 25. The molecule has 0 amide bonds. The maximum absolute atomic E-state index is 11.2. The van der Waals surface area contributed by atoms with E-state index in [2.05, 4.69) is 15.8 Å². The van der Waals surface area contributed by atoms with E-state index >= 15 is 0 Å². The Morgan fingerprint density at radius 1 is 0.531 bits per heavy atom. The Morgan fingerprint density at radius 3 is 1.34 bits per heavy atom. The standard InChI is InChI=1S/C20H44O10P2/c1-2-3-4-5-6-7-8-9-10-11-12-13-14-26-15-16-27-17-18-28-19-20-29-32(24,25)30-31(21,22)23/h2-20H2,1H3,(H,24,25)(H2,21,22,23). The van der Waals surface area contributed by atoms with E-state index in [1.807, 2.05) is 0 Å². The molecule has 0 aliphatic rings. The topological polar surface area (TPSA) is 141 Å². The summed E-state index contributed by atoms with van der Waals surface area (Å²) in [5.74, 6) is 0. The number of hydrogen-bond acceptors (Lipinski definition) is 7. The molecular formula is C20H44O10P2. The lowest BCUT2D eigenvalue weighted by Crippen LogP contribution is -2.12. The van der Waals surface area contributed by atoms with Crippen LogP contribution >= 0.6 is 15.6 Å². The zero-order valence-electron chi connectivity index (χ0n) is 19.5. The van der Waals surface area contributed by atoms with Crippen LogP contribution in [0.2, 0.25) is 0 Å². The molecule has 0 aromatic rings. The second-order valence-corrected chi connectivity index (χ2v) is 10.4. The first-order chi connectivity index (χ1) is 15.3. The van der Waals surface area contributed by atoms with E-state index in [0.29, 0.717) is 19.8 Å². The van der Waals surface area contributed by atoms with Gasteiger partial charge in [-0.05, 0) is 6.42 Å². The first kappa shape index (κ1) is 32.1. The number of unbranched alkanes of at least 4 members (excludes halogenated alkanes) is 11. The number of phosphoric ester groups is 1. The molecule has 3 N–H and O–H groups in total. The van der Waals surface area contributed by atoms with Gasteiger partial charge in [0.05, 0.1) is 39.6 Å². The van der Waals surface area contributed by atoms with Crippen molar-refractivity contribution in [2.45, 2.75) is 84.0 Å². The molecule has 0 rings (SSSR count). The summed E-state index contributed by atoms with van der Waals surface area (Å²) in [5.41, 5.74) is 0. The molecule has 0 fully saturated rings. The van der Waals surface area contributed by atoms with Crippen molar-refractivity contribution in [2.24, 2.45) is 0 Å². The maximum Gasteiger partial charge on any atom is 0.481 e. The lowest BCUT2D eigenvalue weighted by atomic mass is 10.1. The molecule has 10 nitrogen and oxygen atoms in total.